The van der Waals surface area contributed by atoms with E-state index in [2.05, 4.69) is 9.97 Å². The van der Waals surface area contributed by atoms with Crippen molar-refractivity contribution in [2.45, 2.75) is 36.4 Å². The maximum Gasteiger partial charge on any atom is 0.245 e. The normalized spacial score (nSPS) is 27.5. The summed E-state index contributed by atoms with van der Waals surface area (Å²) in [5, 5.41) is 0. The summed E-state index contributed by atoms with van der Waals surface area (Å²) in [6.07, 6.45) is 0.364. The molecule has 3 aliphatic heterocycles. The van der Waals surface area contributed by atoms with Crippen LogP contribution in [0, 0.1) is 0 Å². The van der Waals surface area contributed by atoms with E-state index < -0.39 is 21.9 Å². The van der Waals surface area contributed by atoms with Crippen molar-refractivity contribution in [3.63, 3.8) is 0 Å². The molecule has 10 heteroatoms. The zero-order valence-electron chi connectivity index (χ0n) is 15.7. The first-order valence-corrected chi connectivity index (χ1v) is 11.0. The molecule has 0 amide bonds. The second-order valence-corrected chi connectivity index (χ2v) is 9.24. The number of nitrogens with zero attached hydrogens (tertiary/aromatic N) is 4. The first-order chi connectivity index (χ1) is 14.0. The number of fused-ring (bicyclic) bond motifs is 1. The minimum Gasteiger partial charge on any atom is -0.370 e. The van der Waals surface area contributed by atoms with E-state index in [0.29, 0.717) is 25.7 Å². The van der Waals surface area contributed by atoms with E-state index in [1.54, 1.807) is 29.3 Å². The van der Waals surface area contributed by atoms with Crippen LogP contribution in [0.25, 0.3) is 0 Å². The minimum atomic E-state index is -3.87. The van der Waals surface area contributed by atoms with Crippen molar-refractivity contribution in [2.24, 2.45) is 0 Å². The zero-order chi connectivity index (χ0) is 20.1. The fourth-order valence-corrected chi connectivity index (χ4v) is 5.94. The van der Waals surface area contributed by atoms with Crippen LogP contribution in [0.5, 0.6) is 0 Å². The highest BCUT2D eigenvalue weighted by Crippen LogP contribution is 2.40. The van der Waals surface area contributed by atoms with Gasteiger partial charge in [-0.25, -0.2) is 22.8 Å². The first-order valence-electron chi connectivity index (χ1n) is 9.54. The Bertz CT molecular complexity index is 1020. The van der Waals surface area contributed by atoms with Crippen LogP contribution < -0.4 is 4.90 Å². The molecule has 4 heterocycles. The Morgan fingerprint density at radius 2 is 2.00 bits per heavy atom. The summed E-state index contributed by atoms with van der Waals surface area (Å²) in [7, 11) is -3.87. The number of halogens is 1. The van der Waals surface area contributed by atoms with Gasteiger partial charge >= 0.3 is 0 Å². The molecular weight excluding hydrogens is 399 g/mol. The van der Waals surface area contributed by atoms with E-state index in [0.717, 1.165) is 11.3 Å². The number of hydrogen-bond donors (Lipinski definition) is 0. The molecule has 2 fully saturated rings. The number of aromatic nitrogens is 2. The van der Waals surface area contributed by atoms with Crippen LogP contribution in [0.1, 0.15) is 17.7 Å². The van der Waals surface area contributed by atoms with Gasteiger partial charge in [0.1, 0.15) is 0 Å². The minimum absolute atomic E-state index is 0.0412. The maximum absolute atomic E-state index is 15.5. The Morgan fingerprint density at radius 3 is 2.79 bits per heavy atom. The third-order valence-corrected chi connectivity index (χ3v) is 7.67. The van der Waals surface area contributed by atoms with Crippen molar-refractivity contribution < 1.29 is 22.3 Å². The third-order valence-electron chi connectivity index (χ3n) is 5.73. The lowest BCUT2D eigenvalue weighted by Gasteiger charge is -2.45. The molecule has 1 spiro atoms. The first kappa shape index (κ1) is 18.9. The van der Waals surface area contributed by atoms with Gasteiger partial charge in [-0.1, -0.05) is 18.2 Å². The fraction of sp³-hybridized carbons (Fsp3) is 0.474. The van der Waals surface area contributed by atoms with Crippen LogP contribution in [0.4, 0.5) is 10.3 Å². The van der Waals surface area contributed by atoms with Crippen molar-refractivity contribution in [1.82, 2.24) is 14.3 Å². The van der Waals surface area contributed by atoms with Crippen molar-refractivity contribution in [3.05, 3.63) is 47.8 Å². The van der Waals surface area contributed by atoms with Gasteiger partial charge in [0.2, 0.25) is 16.0 Å². The van der Waals surface area contributed by atoms with Crippen molar-refractivity contribution in [1.29, 1.82) is 0 Å². The Kier molecular flexibility index (Phi) is 4.54. The molecule has 3 aliphatic rings. The van der Waals surface area contributed by atoms with Gasteiger partial charge in [0.05, 0.1) is 37.0 Å². The molecule has 29 heavy (non-hydrogen) atoms. The summed E-state index contributed by atoms with van der Waals surface area (Å²) in [5.74, 6) is 0.433. The average molecular weight is 420 g/mol. The molecule has 0 bridgehead atoms. The zero-order valence-corrected chi connectivity index (χ0v) is 16.5. The number of sulfonamides is 1. The number of hydrogen-bond acceptors (Lipinski definition) is 7. The van der Waals surface area contributed by atoms with E-state index >= 15 is 4.39 Å². The van der Waals surface area contributed by atoms with Crippen molar-refractivity contribution in [2.75, 3.05) is 31.1 Å². The molecule has 1 aromatic heterocycles. The van der Waals surface area contributed by atoms with Gasteiger partial charge in [-0.05, 0) is 12.1 Å². The number of rotatable bonds is 3. The van der Waals surface area contributed by atoms with E-state index in [1.165, 1.54) is 16.4 Å². The van der Waals surface area contributed by atoms with E-state index in [1.807, 2.05) is 0 Å². The van der Waals surface area contributed by atoms with E-state index in [-0.39, 0.29) is 31.0 Å². The third kappa shape index (κ3) is 3.02. The second kappa shape index (κ2) is 6.98. The predicted octanol–water partition coefficient (Wildman–Crippen LogP) is 1.47. The molecule has 2 saturated heterocycles. The molecule has 154 valence electrons. The van der Waals surface area contributed by atoms with Crippen LogP contribution >= 0.6 is 0 Å². The highest BCUT2D eigenvalue weighted by molar-refractivity contribution is 7.89. The molecule has 5 rings (SSSR count). The smallest absolute Gasteiger partial charge is 0.245 e. The molecule has 1 aromatic carbocycles. The van der Waals surface area contributed by atoms with Gasteiger partial charge in [-0.2, -0.15) is 4.31 Å². The molecule has 0 aliphatic carbocycles. The number of anilines is 1. The molecule has 0 radical (unpaired) electrons. The number of alkyl halides is 1. The highest BCUT2D eigenvalue weighted by Gasteiger charge is 2.57. The Hall–Kier alpha value is -2.14. The molecule has 8 nitrogen and oxygen atoms in total. The van der Waals surface area contributed by atoms with Crippen molar-refractivity contribution in [3.8, 4) is 0 Å². The lowest BCUT2D eigenvalue weighted by molar-refractivity contribution is -0.116. The summed E-state index contributed by atoms with van der Waals surface area (Å²) in [5.41, 5.74) is 0.264. The van der Waals surface area contributed by atoms with Gasteiger partial charge < -0.3 is 14.4 Å². The Balaban J connectivity index is 1.41. The second-order valence-electron chi connectivity index (χ2n) is 7.38. The molecule has 0 N–H and O–H groups in total. The number of ether oxygens (including phenoxy) is 2. The topological polar surface area (TPSA) is 84.9 Å². The van der Waals surface area contributed by atoms with Crippen LogP contribution in [0.3, 0.4) is 0 Å². The molecule has 0 saturated carbocycles. The van der Waals surface area contributed by atoms with Gasteiger partial charge in [-0.3, -0.25) is 0 Å². The number of piperidine rings is 1. The Morgan fingerprint density at radius 1 is 1.17 bits per heavy atom. The molecule has 2 atom stereocenters. The summed E-state index contributed by atoms with van der Waals surface area (Å²) in [4.78, 5) is 10.7. The summed E-state index contributed by atoms with van der Waals surface area (Å²) in [6.45, 7) is 1.56. The van der Waals surface area contributed by atoms with Crippen LogP contribution in [0.2, 0.25) is 0 Å². The summed E-state index contributed by atoms with van der Waals surface area (Å²) >= 11 is 0. The summed E-state index contributed by atoms with van der Waals surface area (Å²) in [6, 6.07) is 8.09. The largest absolute Gasteiger partial charge is 0.370 e. The van der Waals surface area contributed by atoms with E-state index in [9.17, 15) is 8.42 Å². The SMILES string of the molecule is O=S(=O)(c1ccccc1)N1CCOC12CCN(c1ncc3c(n1)COC3)CC2F. The monoisotopic (exact) mass is 420 g/mol. The molecule has 2 unspecified atom stereocenters. The lowest BCUT2D eigenvalue weighted by atomic mass is 9.99. The average Bonchev–Trinajstić information content (AvgIpc) is 3.38. The van der Waals surface area contributed by atoms with Gasteiger partial charge in [0, 0.05) is 31.3 Å². The van der Waals surface area contributed by atoms with Gasteiger partial charge in [-0.15, -0.1) is 0 Å². The van der Waals surface area contributed by atoms with Gasteiger partial charge in [0.25, 0.3) is 0 Å². The quantitative estimate of drug-likeness (QED) is 0.743. The maximum atomic E-state index is 15.5. The molecular formula is C19H21FN4O4S. The standard InChI is InChI=1S/C19H21FN4O4S/c20-17-11-23(18-21-10-14-12-27-13-16(14)22-18)7-6-19(17)24(8-9-28-19)29(25,26)15-4-2-1-3-5-15/h1-5,10,17H,6-9,11-13H2. The Labute approximate surface area is 168 Å². The van der Waals surface area contributed by atoms with E-state index in [4.69, 9.17) is 9.47 Å². The lowest BCUT2D eigenvalue weighted by Crippen LogP contribution is -2.62. The predicted molar refractivity (Wildman–Crippen MR) is 101 cm³/mol. The number of benzene rings is 1. The summed E-state index contributed by atoms with van der Waals surface area (Å²) < 4.78 is 54.1. The highest BCUT2D eigenvalue weighted by atomic mass is 32.2. The van der Waals surface area contributed by atoms with Crippen LogP contribution in [0.15, 0.2) is 41.4 Å². The fourth-order valence-electron chi connectivity index (χ4n) is 4.20. The van der Waals surface area contributed by atoms with Crippen LogP contribution in [-0.2, 0) is 32.7 Å². The molecule has 2 aromatic rings. The van der Waals surface area contributed by atoms with Crippen LogP contribution in [-0.4, -0.2) is 60.8 Å². The van der Waals surface area contributed by atoms with Crippen molar-refractivity contribution >= 4 is 16.0 Å². The van der Waals surface area contributed by atoms with Gasteiger partial charge in [0.15, 0.2) is 11.9 Å².